The molecule has 1 N–H and O–H groups in total. The smallest absolute Gasteiger partial charge is 0.325 e. The van der Waals surface area contributed by atoms with Crippen molar-refractivity contribution in [3.8, 4) is 0 Å². The molecule has 0 atom stereocenters. The van der Waals surface area contributed by atoms with Crippen molar-refractivity contribution in [2.24, 2.45) is 0 Å². The lowest BCUT2D eigenvalue weighted by Crippen LogP contribution is -2.48. The van der Waals surface area contributed by atoms with E-state index in [0.717, 1.165) is 5.56 Å². The minimum atomic E-state index is -0.563. The number of ether oxygens (including phenoxy) is 2. The number of nitrogens with zero attached hydrogens (tertiary/aromatic N) is 2. The second-order valence-electron chi connectivity index (χ2n) is 7.39. The van der Waals surface area contributed by atoms with Crippen molar-refractivity contribution in [1.82, 2.24) is 15.1 Å². The van der Waals surface area contributed by atoms with Crippen molar-refractivity contribution < 1.29 is 32.7 Å². The van der Waals surface area contributed by atoms with Crippen molar-refractivity contribution in [2.75, 3.05) is 39.5 Å². The first-order valence-corrected chi connectivity index (χ1v) is 11.2. The number of hydrogen-bond donors (Lipinski definition) is 1. The average molecular weight is 478 g/mol. The van der Waals surface area contributed by atoms with E-state index in [-0.39, 0.29) is 51.1 Å². The van der Waals surface area contributed by atoms with E-state index in [1.54, 1.807) is 31.2 Å². The van der Waals surface area contributed by atoms with Crippen LogP contribution >= 0.6 is 0 Å². The van der Waals surface area contributed by atoms with Crippen LogP contribution in [-0.4, -0.2) is 67.2 Å². The summed E-state index contributed by atoms with van der Waals surface area (Å²) in [5.41, 5.74) is 0.732. The van der Waals surface area contributed by atoms with Crippen LogP contribution in [0.1, 0.15) is 31.6 Å². The molecule has 3 amide bonds. The van der Waals surface area contributed by atoms with Crippen LogP contribution < -0.4 is 5.32 Å². The third-order valence-corrected chi connectivity index (χ3v) is 4.79. The fourth-order valence-electron chi connectivity index (χ4n) is 3.12. The molecule has 1 aromatic heterocycles. The summed E-state index contributed by atoms with van der Waals surface area (Å²) in [5, 5.41) is 2.49. The molecule has 1 heterocycles. The fourth-order valence-corrected chi connectivity index (χ4v) is 3.12. The highest BCUT2D eigenvalue weighted by atomic mass is 19.1. The van der Waals surface area contributed by atoms with Crippen LogP contribution in [0.5, 0.6) is 0 Å². The van der Waals surface area contributed by atoms with Gasteiger partial charge in [0.1, 0.15) is 24.7 Å². The van der Waals surface area contributed by atoms with Gasteiger partial charge in [0.2, 0.25) is 5.91 Å². The van der Waals surface area contributed by atoms with Gasteiger partial charge in [-0.3, -0.25) is 9.59 Å². The van der Waals surface area contributed by atoms with E-state index in [1.807, 2.05) is 6.92 Å². The lowest BCUT2D eigenvalue weighted by Gasteiger charge is -2.27. The van der Waals surface area contributed by atoms with E-state index >= 15 is 0 Å². The molecule has 0 aliphatic rings. The number of esters is 1. The maximum absolute atomic E-state index is 13.3. The molecule has 0 bridgehead atoms. The molecule has 0 saturated heterocycles. The third-order valence-electron chi connectivity index (χ3n) is 4.79. The molecule has 0 saturated carbocycles. The largest absolute Gasteiger partial charge is 0.467 e. The summed E-state index contributed by atoms with van der Waals surface area (Å²) in [7, 11) is 0. The number of nitrogens with one attached hydrogen (secondary N) is 1. The summed E-state index contributed by atoms with van der Waals surface area (Å²) in [4.78, 5) is 40.5. The van der Waals surface area contributed by atoms with E-state index < -0.39 is 12.0 Å². The van der Waals surface area contributed by atoms with Gasteiger partial charge in [-0.05, 0) is 50.1 Å². The average Bonchev–Trinajstić information content (AvgIpc) is 3.33. The number of halogens is 1. The first kappa shape index (κ1) is 26.8. The van der Waals surface area contributed by atoms with Crippen LogP contribution in [0.2, 0.25) is 0 Å². The van der Waals surface area contributed by atoms with Crippen LogP contribution in [0, 0.1) is 5.82 Å². The Morgan fingerprint density at radius 3 is 2.44 bits per heavy atom. The molecule has 10 heteroatoms. The minimum absolute atomic E-state index is 0.181. The molecule has 186 valence electrons. The molecule has 9 nitrogen and oxygen atoms in total. The van der Waals surface area contributed by atoms with E-state index in [1.165, 1.54) is 28.2 Å². The molecule has 0 unspecified atom stereocenters. The second kappa shape index (κ2) is 14.7. The van der Waals surface area contributed by atoms with Gasteiger partial charge in [0, 0.05) is 26.3 Å². The summed E-state index contributed by atoms with van der Waals surface area (Å²) < 4.78 is 28.9. The van der Waals surface area contributed by atoms with E-state index in [2.05, 4.69) is 5.32 Å². The number of furan rings is 1. The summed E-state index contributed by atoms with van der Waals surface area (Å²) in [5.74, 6) is -0.688. The van der Waals surface area contributed by atoms with E-state index in [9.17, 15) is 18.8 Å². The Kier molecular flexibility index (Phi) is 11.6. The van der Waals surface area contributed by atoms with Gasteiger partial charge in [-0.25, -0.2) is 9.18 Å². The van der Waals surface area contributed by atoms with Gasteiger partial charge in [0.05, 0.1) is 19.4 Å². The number of carbonyl (C=O) groups is 3. The molecule has 2 rings (SSSR count). The van der Waals surface area contributed by atoms with Gasteiger partial charge in [-0.15, -0.1) is 0 Å². The number of carbonyl (C=O) groups excluding carboxylic acids is 3. The summed E-state index contributed by atoms with van der Waals surface area (Å²) >= 11 is 0. The van der Waals surface area contributed by atoms with Crippen LogP contribution in [0.25, 0.3) is 0 Å². The molecule has 0 fully saturated rings. The Labute approximate surface area is 198 Å². The molecule has 0 aliphatic heterocycles. The number of hydrogen-bond acceptors (Lipinski definition) is 6. The van der Waals surface area contributed by atoms with Crippen LogP contribution in [-0.2, 0) is 32.2 Å². The topological polar surface area (TPSA) is 101 Å². The van der Waals surface area contributed by atoms with Crippen molar-refractivity contribution in [2.45, 2.75) is 33.4 Å². The normalized spacial score (nSPS) is 10.6. The zero-order valence-corrected chi connectivity index (χ0v) is 19.6. The minimum Gasteiger partial charge on any atom is -0.467 e. The van der Waals surface area contributed by atoms with Crippen molar-refractivity contribution in [3.63, 3.8) is 0 Å². The summed E-state index contributed by atoms with van der Waals surface area (Å²) in [6.07, 6.45) is 2.03. The molecule has 1 aromatic carbocycles. The Hall–Kier alpha value is -3.40. The van der Waals surface area contributed by atoms with Gasteiger partial charge in [-0.2, -0.15) is 0 Å². The highest BCUT2D eigenvalue weighted by Crippen LogP contribution is 2.13. The van der Waals surface area contributed by atoms with Crippen molar-refractivity contribution in [3.05, 3.63) is 59.8 Å². The van der Waals surface area contributed by atoms with E-state index in [0.29, 0.717) is 25.4 Å². The van der Waals surface area contributed by atoms with Gasteiger partial charge in [-0.1, -0.05) is 12.1 Å². The molecular weight excluding hydrogens is 445 g/mol. The quantitative estimate of drug-likeness (QED) is 0.332. The zero-order valence-electron chi connectivity index (χ0n) is 19.6. The van der Waals surface area contributed by atoms with Crippen molar-refractivity contribution >= 4 is 17.9 Å². The molecule has 0 radical (unpaired) electrons. The number of benzene rings is 1. The molecule has 2 aromatic rings. The molecule has 34 heavy (non-hydrogen) atoms. The standard InChI is InChI=1S/C24H32FN3O6/c1-3-32-13-6-12-27(24(31)26-15-23(30)33-4-2)18-22(29)28(17-21-7-5-14-34-21)16-19-8-10-20(25)11-9-19/h5,7-11,14H,3-4,6,12-13,15-18H2,1-2H3,(H,26,31). The van der Waals surface area contributed by atoms with Crippen molar-refractivity contribution in [1.29, 1.82) is 0 Å². The van der Waals surface area contributed by atoms with Gasteiger partial charge < -0.3 is 29.0 Å². The molecule has 0 aliphatic carbocycles. The number of urea groups is 1. The molecule has 0 spiro atoms. The predicted molar refractivity (Wildman–Crippen MR) is 122 cm³/mol. The Bertz CT molecular complexity index is 889. The predicted octanol–water partition coefficient (Wildman–Crippen LogP) is 2.95. The van der Waals surface area contributed by atoms with Crippen LogP contribution in [0.3, 0.4) is 0 Å². The maximum atomic E-state index is 13.3. The number of rotatable bonds is 14. The van der Waals surface area contributed by atoms with Gasteiger partial charge >= 0.3 is 12.0 Å². The first-order valence-electron chi connectivity index (χ1n) is 11.2. The van der Waals surface area contributed by atoms with Gasteiger partial charge in [0.25, 0.3) is 0 Å². The van der Waals surface area contributed by atoms with E-state index in [4.69, 9.17) is 13.9 Å². The molecular formula is C24H32FN3O6. The fraction of sp³-hybridized carbons (Fsp3) is 0.458. The lowest BCUT2D eigenvalue weighted by molar-refractivity contribution is -0.141. The Morgan fingerprint density at radius 1 is 1.03 bits per heavy atom. The summed E-state index contributed by atoms with van der Waals surface area (Å²) in [6.45, 7) is 4.85. The lowest BCUT2D eigenvalue weighted by atomic mass is 10.2. The van der Waals surface area contributed by atoms with Crippen LogP contribution in [0.15, 0.2) is 47.1 Å². The second-order valence-corrected chi connectivity index (χ2v) is 7.39. The van der Waals surface area contributed by atoms with Gasteiger partial charge in [0.15, 0.2) is 0 Å². The number of amides is 3. The first-order chi connectivity index (χ1) is 16.4. The van der Waals surface area contributed by atoms with Crippen LogP contribution in [0.4, 0.5) is 9.18 Å². The summed E-state index contributed by atoms with van der Waals surface area (Å²) in [6, 6.07) is 8.77. The Balaban J connectivity index is 2.10. The Morgan fingerprint density at radius 2 is 1.79 bits per heavy atom. The SMILES string of the molecule is CCOCCCN(CC(=O)N(Cc1ccc(F)cc1)Cc1ccco1)C(=O)NCC(=O)OCC. The highest BCUT2D eigenvalue weighted by Gasteiger charge is 2.23. The third kappa shape index (κ3) is 9.62. The zero-order chi connectivity index (χ0) is 24.8. The maximum Gasteiger partial charge on any atom is 0.325 e. The highest BCUT2D eigenvalue weighted by molar-refractivity contribution is 5.86. The monoisotopic (exact) mass is 477 g/mol.